The molecule has 0 aromatic carbocycles. The first-order chi connectivity index (χ1) is 13.2. The van der Waals surface area contributed by atoms with Gasteiger partial charge in [-0.15, -0.1) is 0 Å². The van der Waals surface area contributed by atoms with Crippen molar-refractivity contribution in [3.63, 3.8) is 0 Å². The molecule has 28 heavy (non-hydrogen) atoms. The Morgan fingerprint density at radius 1 is 1.25 bits per heavy atom. The smallest absolute Gasteiger partial charge is 0.303 e. The Balaban J connectivity index is 1.65. The second kappa shape index (κ2) is 6.99. The standard InChI is InChI=1S/C25H38O3/c1-15(8-11-22(27)28)18-9-10-19-23-16(2)13-17-7-5-6-12-24(17,3)20(23)14-21(26)25(18,19)4/h13,15-16,18-20,23H,5-12,14H2,1-4H3,(H,27,28)/t15?,16-,18?,19?,20?,23?,24?,25?/m0/s1. The Labute approximate surface area is 170 Å². The van der Waals surface area contributed by atoms with Crippen LogP contribution in [0.15, 0.2) is 11.6 Å². The van der Waals surface area contributed by atoms with Crippen molar-refractivity contribution in [1.82, 2.24) is 0 Å². The Morgan fingerprint density at radius 3 is 2.71 bits per heavy atom. The number of hydrogen-bond acceptors (Lipinski definition) is 2. The van der Waals surface area contributed by atoms with Crippen LogP contribution in [0.3, 0.4) is 0 Å². The van der Waals surface area contributed by atoms with Gasteiger partial charge in [0.1, 0.15) is 5.78 Å². The highest BCUT2D eigenvalue weighted by molar-refractivity contribution is 5.87. The molecule has 1 N–H and O–H groups in total. The molecule has 0 aliphatic heterocycles. The van der Waals surface area contributed by atoms with Crippen LogP contribution in [0.4, 0.5) is 0 Å². The first kappa shape index (κ1) is 20.2. The van der Waals surface area contributed by atoms with Gasteiger partial charge in [-0.25, -0.2) is 0 Å². The number of rotatable bonds is 4. The summed E-state index contributed by atoms with van der Waals surface area (Å²) in [6.07, 6.45) is 11.6. The predicted molar refractivity (Wildman–Crippen MR) is 111 cm³/mol. The van der Waals surface area contributed by atoms with Crippen molar-refractivity contribution in [2.24, 2.45) is 46.3 Å². The fourth-order valence-electron chi connectivity index (χ4n) is 8.27. The second-order valence-corrected chi connectivity index (χ2v) is 11.0. The Morgan fingerprint density at radius 2 is 2.00 bits per heavy atom. The van der Waals surface area contributed by atoms with Crippen LogP contribution in [-0.4, -0.2) is 16.9 Å². The average Bonchev–Trinajstić information content (AvgIpc) is 3.00. The summed E-state index contributed by atoms with van der Waals surface area (Å²) in [7, 11) is 0. The maximum atomic E-state index is 13.7. The van der Waals surface area contributed by atoms with E-state index in [0.29, 0.717) is 47.7 Å². The highest BCUT2D eigenvalue weighted by atomic mass is 16.4. The molecule has 3 saturated carbocycles. The molecule has 4 aliphatic carbocycles. The summed E-state index contributed by atoms with van der Waals surface area (Å²) in [5.41, 5.74) is 1.64. The minimum Gasteiger partial charge on any atom is -0.481 e. The van der Waals surface area contributed by atoms with Gasteiger partial charge in [-0.2, -0.15) is 0 Å². The molecule has 3 nitrogen and oxygen atoms in total. The van der Waals surface area contributed by atoms with Crippen molar-refractivity contribution in [2.45, 2.75) is 85.5 Å². The van der Waals surface area contributed by atoms with Gasteiger partial charge in [0, 0.05) is 18.3 Å². The zero-order chi connectivity index (χ0) is 20.3. The van der Waals surface area contributed by atoms with Gasteiger partial charge in [-0.1, -0.05) is 45.8 Å². The fourth-order valence-corrected chi connectivity index (χ4v) is 8.27. The number of carboxylic acid groups (broad SMARTS) is 1. The number of carbonyl (C=O) groups excluding carboxylic acids is 1. The maximum Gasteiger partial charge on any atom is 0.303 e. The number of ketones is 1. The van der Waals surface area contributed by atoms with Gasteiger partial charge < -0.3 is 5.11 Å². The van der Waals surface area contributed by atoms with Crippen LogP contribution in [0.25, 0.3) is 0 Å². The van der Waals surface area contributed by atoms with Crippen molar-refractivity contribution >= 4 is 11.8 Å². The van der Waals surface area contributed by atoms with E-state index < -0.39 is 5.97 Å². The highest BCUT2D eigenvalue weighted by Gasteiger charge is 2.63. The van der Waals surface area contributed by atoms with Crippen molar-refractivity contribution in [1.29, 1.82) is 0 Å². The largest absolute Gasteiger partial charge is 0.481 e. The Kier molecular flexibility index (Phi) is 5.03. The summed E-state index contributed by atoms with van der Waals surface area (Å²) in [6, 6.07) is 0. The van der Waals surface area contributed by atoms with Gasteiger partial charge in [0.15, 0.2) is 0 Å². The molecule has 4 aliphatic rings. The van der Waals surface area contributed by atoms with Crippen molar-refractivity contribution in [3.05, 3.63) is 11.6 Å². The van der Waals surface area contributed by atoms with Gasteiger partial charge in [-0.3, -0.25) is 9.59 Å². The van der Waals surface area contributed by atoms with Crippen LogP contribution in [0, 0.1) is 46.3 Å². The van der Waals surface area contributed by atoms with Crippen LogP contribution >= 0.6 is 0 Å². The van der Waals surface area contributed by atoms with E-state index in [1.54, 1.807) is 5.57 Å². The molecular formula is C25H38O3. The van der Waals surface area contributed by atoms with E-state index in [1.807, 2.05) is 0 Å². The number of hydrogen-bond donors (Lipinski definition) is 1. The van der Waals surface area contributed by atoms with Gasteiger partial charge in [0.05, 0.1) is 0 Å². The van der Waals surface area contributed by atoms with E-state index in [2.05, 4.69) is 33.8 Å². The van der Waals surface area contributed by atoms with E-state index in [-0.39, 0.29) is 17.3 Å². The van der Waals surface area contributed by atoms with Crippen LogP contribution in [0.5, 0.6) is 0 Å². The van der Waals surface area contributed by atoms with E-state index in [4.69, 9.17) is 5.11 Å². The number of fused-ring (bicyclic) bond motifs is 5. The number of aliphatic carboxylic acids is 1. The molecule has 0 bridgehead atoms. The second-order valence-electron chi connectivity index (χ2n) is 11.0. The van der Waals surface area contributed by atoms with Crippen LogP contribution < -0.4 is 0 Å². The third-order valence-electron chi connectivity index (χ3n) is 9.78. The zero-order valence-corrected chi connectivity index (χ0v) is 18.2. The van der Waals surface area contributed by atoms with E-state index in [1.165, 1.54) is 25.7 Å². The normalized spacial score (nSPS) is 46.2. The first-order valence-corrected chi connectivity index (χ1v) is 11.7. The van der Waals surface area contributed by atoms with E-state index in [9.17, 15) is 9.59 Å². The molecule has 0 heterocycles. The summed E-state index contributed by atoms with van der Waals surface area (Å²) in [6.45, 7) is 9.29. The number of Topliss-reactive ketones (excluding diaryl/α,β-unsaturated/α-hetero) is 1. The lowest BCUT2D eigenvalue weighted by atomic mass is 9.45. The lowest BCUT2D eigenvalue weighted by molar-refractivity contribution is -0.149. The minimum atomic E-state index is -0.717. The lowest BCUT2D eigenvalue weighted by Crippen LogP contribution is -2.56. The fraction of sp³-hybridized carbons (Fsp3) is 0.840. The molecule has 3 fully saturated rings. The van der Waals surface area contributed by atoms with Gasteiger partial charge in [0.25, 0.3) is 0 Å². The van der Waals surface area contributed by atoms with Crippen molar-refractivity contribution in [2.75, 3.05) is 0 Å². The molecule has 0 aromatic heterocycles. The van der Waals surface area contributed by atoms with Crippen LogP contribution in [-0.2, 0) is 9.59 Å². The highest BCUT2D eigenvalue weighted by Crippen LogP contribution is 2.67. The molecule has 0 saturated heterocycles. The molecule has 0 aromatic rings. The quantitative estimate of drug-likeness (QED) is 0.614. The maximum absolute atomic E-state index is 13.7. The summed E-state index contributed by atoms with van der Waals surface area (Å²) in [5.74, 6) is 2.60. The number of carboxylic acids is 1. The molecule has 7 unspecified atom stereocenters. The topological polar surface area (TPSA) is 54.4 Å². The van der Waals surface area contributed by atoms with Gasteiger partial charge >= 0.3 is 5.97 Å². The Hall–Kier alpha value is -1.12. The molecule has 3 heteroatoms. The third-order valence-corrected chi connectivity index (χ3v) is 9.78. The van der Waals surface area contributed by atoms with Crippen molar-refractivity contribution in [3.8, 4) is 0 Å². The molecule has 4 rings (SSSR count). The third kappa shape index (κ3) is 2.82. The minimum absolute atomic E-state index is 0.221. The predicted octanol–water partition coefficient (Wildman–Crippen LogP) is 5.88. The SMILES string of the molecule is CC(CCC(=O)O)C1CCC2C3C(CC(=O)C12C)C1(C)CCCCC1=C[C@@H]3C. The Bertz CT molecular complexity index is 694. The summed E-state index contributed by atoms with van der Waals surface area (Å²) in [5, 5.41) is 9.11. The summed E-state index contributed by atoms with van der Waals surface area (Å²) >= 11 is 0. The molecule has 8 atom stereocenters. The van der Waals surface area contributed by atoms with Crippen LogP contribution in [0.1, 0.15) is 85.5 Å². The van der Waals surface area contributed by atoms with Gasteiger partial charge in [-0.05, 0) is 79.4 Å². The van der Waals surface area contributed by atoms with E-state index in [0.717, 1.165) is 19.3 Å². The molecular weight excluding hydrogens is 348 g/mol. The van der Waals surface area contributed by atoms with Crippen LogP contribution in [0.2, 0.25) is 0 Å². The summed E-state index contributed by atoms with van der Waals surface area (Å²) < 4.78 is 0. The monoisotopic (exact) mass is 386 g/mol. The van der Waals surface area contributed by atoms with Crippen molar-refractivity contribution < 1.29 is 14.7 Å². The summed E-state index contributed by atoms with van der Waals surface area (Å²) in [4.78, 5) is 24.8. The van der Waals surface area contributed by atoms with Gasteiger partial charge in [0.2, 0.25) is 0 Å². The molecule has 0 spiro atoms. The number of allylic oxidation sites excluding steroid dienone is 2. The molecule has 156 valence electrons. The lowest BCUT2D eigenvalue weighted by Gasteiger charge is -2.59. The number of carbonyl (C=O) groups is 2. The molecule has 0 radical (unpaired) electrons. The average molecular weight is 387 g/mol. The zero-order valence-electron chi connectivity index (χ0n) is 18.2. The first-order valence-electron chi connectivity index (χ1n) is 11.7. The molecule has 0 amide bonds. The van der Waals surface area contributed by atoms with E-state index >= 15 is 0 Å².